The van der Waals surface area contributed by atoms with E-state index in [1.165, 1.54) is 24.3 Å². The van der Waals surface area contributed by atoms with Gasteiger partial charge in [0.1, 0.15) is 4.90 Å². The zero-order valence-corrected chi connectivity index (χ0v) is 13.7. The molecule has 0 radical (unpaired) electrons. The molecule has 0 aliphatic heterocycles. The van der Waals surface area contributed by atoms with Crippen molar-refractivity contribution in [1.82, 2.24) is 0 Å². The van der Waals surface area contributed by atoms with Crippen molar-refractivity contribution < 1.29 is 13.3 Å². The Bertz CT molecular complexity index is 855. The van der Waals surface area contributed by atoms with E-state index in [-0.39, 0.29) is 31.3 Å². The fourth-order valence-electron chi connectivity index (χ4n) is 1.59. The summed E-state index contributed by atoms with van der Waals surface area (Å²) in [6, 6.07) is 7.51. The van der Waals surface area contributed by atoms with Gasteiger partial charge >= 0.3 is 0 Å². The first kappa shape index (κ1) is 16.8. The number of rotatable bonds is 4. The van der Waals surface area contributed by atoms with E-state index in [4.69, 9.17) is 34.8 Å². The number of sulfonamides is 1. The first-order chi connectivity index (χ1) is 10.2. The van der Waals surface area contributed by atoms with Crippen molar-refractivity contribution in [3.05, 3.63) is 61.6 Å². The molecule has 0 spiro atoms. The van der Waals surface area contributed by atoms with Crippen LogP contribution >= 0.6 is 34.8 Å². The molecule has 116 valence electrons. The number of non-ortho nitro benzene ring substituents is 1. The Balaban J connectivity index is 2.41. The number of nitrogens with one attached hydrogen (secondary N) is 1. The molecule has 0 saturated heterocycles. The minimum atomic E-state index is -4.04. The van der Waals surface area contributed by atoms with Crippen LogP contribution in [0, 0.1) is 10.1 Å². The van der Waals surface area contributed by atoms with Crippen molar-refractivity contribution in [3.63, 3.8) is 0 Å². The molecule has 0 aliphatic rings. The van der Waals surface area contributed by atoms with Gasteiger partial charge in [-0.3, -0.25) is 14.8 Å². The number of nitro benzene ring substituents is 1. The summed E-state index contributed by atoms with van der Waals surface area (Å²) in [5.74, 6) is 0. The standard InChI is InChI=1S/C12H7Cl3N2O4S/c13-8-2-1-3-11(12(8)15)22(20,21)16-10-5-4-7(17(18)19)6-9(10)14/h1-6,16H. The molecule has 10 heteroatoms. The summed E-state index contributed by atoms with van der Waals surface area (Å²) in [5, 5.41) is 10.5. The largest absolute Gasteiger partial charge is 0.278 e. The smallest absolute Gasteiger partial charge is 0.271 e. The highest BCUT2D eigenvalue weighted by Crippen LogP contribution is 2.32. The van der Waals surface area contributed by atoms with Gasteiger partial charge in [-0.05, 0) is 18.2 Å². The molecule has 22 heavy (non-hydrogen) atoms. The monoisotopic (exact) mass is 380 g/mol. The molecule has 0 aromatic heterocycles. The van der Waals surface area contributed by atoms with Crippen LogP contribution in [0.3, 0.4) is 0 Å². The van der Waals surface area contributed by atoms with E-state index >= 15 is 0 Å². The van der Waals surface area contributed by atoms with Gasteiger partial charge in [-0.25, -0.2) is 8.42 Å². The quantitative estimate of drug-likeness (QED) is 0.629. The number of halogens is 3. The van der Waals surface area contributed by atoms with Crippen LogP contribution in [-0.2, 0) is 10.0 Å². The van der Waals surface area contributed by atoms with E-state index < -0.39 is 14.9 Å². The van der Waals surface area contributed by atoms with Crippen molar-refractivity contribution in [2.24, 2.45) is 0 Å². The fraction of sp³-hybridized carbons (Fsp3) is 0. The molecule has 0 saturated carbocycles. The Morgan fingerprint density at radius 2 is 1.73 bits per heavy atom. The van der Waals surface area contributed by atoms with Gasteiger partial charge in [0.2, 0.25) is 0 Å². The average Bonchev–Trinajstić information content (AvgIpc) is 2.43. The molecular weight excluding hydrogens is 375 g/mol. The molecule has 0 fully saturated rings. The van der Waals surface area contributed by atoms with Crippen molar-refractivity contribution in [1.29, 1.82) is 0 Å². The Labute approximate surface area is 140 Å². The maximum Gasteiger partial charge on any atom is 0.271 e. The van der Waals surface area contributed by atoms with Crippen LogP contribution in [0.1, 0.15) is 0 Å². The lowest BCUT2D eigenvalue weighted by molar-refractivity contribution is -0.384. The molecule has 2 aromatic carbocycles. The zero-order chi connectivity index (χ0) is 16.5. The first-order valence-corrected chi connectivity index (χ1v) is 8.25. The Morgan fingerprint density at radius 1 is 1.05 bits per heavy atom. The maximum absolute atomic E-state index is 12.3. The van der Waals surface area contributed by atoms with Crippen LogP contribution in [-0.4, -0.2) is 13.3 Å². The van der Waals surface area contributed by atoms with Gasteiger partial charge in [-0.1, -0.05) is 40.9 Å². The minimum Gasteiger partial charge on any atom is -0.278 e. The third kappa shape index (κ3) is 3.44. The predicted octanol–water partition coefficient (Wildman–Crippen LogP) is 4.36. The van der Waals surface area contributed by atoms with Crippen LogP contribution in [0.15, 0.2) is 41.3 Å². The van der Waals surface area contributed by atoms with Crippen molar-refractivity contribution in [3.8, 4) is 0 Å². The van der Waals surface area contributed by atoms with Gasteiger partial charge in [0, 0.05) is 12.1 Å². The van der Waals surface area contributed by atoms with Gasteiger partial charge in [-0.15, -0.1) is 0 Å². The number of nitro groups is 1. The molecule has 1 N–H and O–H groups in total. The molecular formula is C12H7Cl3N2O4S. The van der Waals surface area contributed by atoms with E-state index in [1.807, 2.05) is 0 Å². The third-order valence-electron chi connectivity index (χ3n) is 2.61. The maximum atomic E-state index is 12.3. The number of hydrogen-bond acceptors (Lipinski definition) is 4. The highest BCUT2D eigenvalue weighted by Gasteiger charge is 2.21. The summed E-state index contributed by atoms with van der Waals surface area (Å²) in [4.78, 5) is 9.76. The lowest BCUT2D eigenvalue weighted by Gasteiger charge is -2.11. The Hall–Kier alpha value is -1.54. The molecule has 2 rings (SSSR count). The normalized spacial score (nSPS) is 11.2. The molecule has 0 aliphatic carbocycles. The van der Waals surface area contributed by atoms with E-state index in [0.29, 0.717) is 0 Å². The summed E-state index contributed by atoms with van der Waals surface area (Å²) in [5.41, 5.74) is -0.267. The molecule has 0 amide bonds. The van der Waals surface area contributed by atoms with Crippen LogP contribution in [0.25, 0.3) is 0 Å². The highest BCUT2D eigenvalue weighted by atomic mass is 35.5. The third-order valence-corrected chi connectivity index (χ3v) is 5.27. The van der Waals surface area contributed by atoms with Crippen LogP contribution in [0.5, 0.6) is 0 Å². The molecule has 0 unspecified atom stereocenters. The van der Waals surface area contributed by atoms with Crippen LogP contribution in [0.2, 0.25) is 15.1 Å². The Morgan fingerprint density at radius 3 is 2.32 bits per heavy atom. The van der Waals surface area contributed by atoms with Crippen molar-refractivity contribution in [2.75, 3.05) is 4.72 Å². The topological polar surface area (TPSA) is 89.3 Å². The van der Waals surface area contributed by atoms with E-state index in [1.54, 1.807) is 0 Å². The second kappa shape index (κ2) is 6.29. The number of anilines is 1. The predicted molar refractivity (Wildman–Crippen MR) is 85.4 cm³/mol. The number of nitrogens with zero attached hydrogens (tertiary/aromatic N) is 1. The minimum absolute atomic E-state index is 0.0108. The molecule has 0 heterocycles. The average molecular weight is 382 g/mol. The summed E-state index contributed by atoms with van der Waals surface area (Å²) in [6.07, 6.45) is 0. The number of benzene rings is 2. The summed E-state index contributed by atoms with van der Waals surface area (Å²) < 4.78 is 26.8. The first-order valence-electron chi connectivity index (χ1n) is 5.63. The second-order valence-electron chi connectivity index (χ2n) is 4.08. The lowest BCUT2D eigenvalue weighted by atomic mass is 10.3. The SMILES string of the molecule is O=[N+]([O-])c1ccc(NS(=O)(=O)c2cccc(Cl)c2Cl)c(Cl)c1. The molecule has 0 bridgehead atoms. The lowest BCUT2D eigenvalue weighted by Crippen LogP contribution is -2.14. The van der Waals surface area contributed by atoms with E-state index in [0.717, 1.165) is 12.1 Å². The molecule has 6 nitrogen and oxygen atoms in total. The highest BCUT2D eigenvalue weighted by molar-refractivity contribution is 7.92. The fourth-order valence-corrected chi connectivity index (χ4v) is 3.71. The zero-order valence-electron chi connectivity index (χ0n) is 10.6. The second-order valence-corrected chi connectivity index (χ2v) is 6.92. The van der Waals surface area contributed by atoms with Gasteiger partial charge in [0.15, 0.2) is 0 Å². The number of hydrogen-bond donors (Lipinski definition) is 1. The van der Waals surface area contributed by atoms with Gasteiger partial charge in [0.25, 0.3) is 15.7 Å². The van der Waals surface area contributed by atoms with E-state index in [2.05, 4.69) is 4.72 Å². The van der Waals surface area contributed by atoms with Crippen LogP contribution < -0.4 is 4.72 Å². The Kier molecular flexibility index (Phi) is 4.81. The van der Waals surface area contributed by atoms with Crippen molar-refractivity contribution in [2.45, 2.75) is 4.90 Å². The van der Waals surface area contributed by atoms with Gasteiger partial charge in [0.05, 0.1) is 25.7 Å². The molecule has 2 aromatic rings. The van der Waals surface area contributed by atoms with Crippen LogP contribution in [0.4, 0.5) is 11.4 Å². The van der Waals surface area contributed by atoms with Gasteiger partial charge in [-0.2, -0.15) is 0 Å². The summed E-state index contributed by atoms with van der Waals surface area (Å²) >= 11 is 17.5. The summed E-state index contributed by atoms with van der Waals surface area (Å²) in [6.45, 7) is 0. The summed E-state index contributed by atoms with van der Waals surface area (Å²) in [7, 11) is -4.04. The van der Waals surface area contributed by atoms with Gasteiger partial charge < -0.3 is 0 Å². The van der Waals surface area contributed by atoms with E-state index in [9.17, 15) is 18.5 Å². The molecule has 0 atom stereocenters. The van der Waals surface area contributed by atoms with Crippen molar-refractivity contribution >= 4 is 56.2 Å².